The van der Waals surface area contributed by atoms with Crippen LogP contribution in [-0.4, -0.2) is 27.9 Å². The molecular weight excluding hydrogens is 240 g/mol. The second kappa shape index (κ2) is 5.23. The van der Waals surface area contributed by atoms with E-state index in [0.29, 0.717) is 5.75 Å². The summed E-state index contributed by atoms with van der Waals surface area (Å²) in [5.74, 6) is -1.45. The van der Waals surface area contributed by atoms with Crippen molar-refractivity contribution in [2.24, 2.45) is 5.41 Å². The van der Waals surface area contributed by atoms with Crippen molar-refractivity contribution in [1.29, 1.82) is 0 Å². The van der Waals surface area contributed by atoms with Crippen molar-refractivity contribution in [2.75, 3.05) is 5.75 Å². The lowest BCUT2D eigenvalue weighted by Crippen LogP contribution is -2.26. The molecule has 1 aromatic rings. The first-order valence-electron chi connectivity index (χ1n) is 5.02. The normalized spacial score (nSPS) is 11.2. The first-order chi connectivity index (χ1) is 7.83. The predicted octanol–water partition coefficient (Wildman–Crippen LogP) is 2.59. The minimum absolute atomic E-state index is 0.211. The Morgan fingerprint density at radius 1 is 1.29 bits per heavy atom. The number of hydrogen-bond acceptors (Lipinski definition) is 3. The van der Waals surface area contributed by atoms with Gasteiger partial charge in [-0.2, -0.15) is 0 Å². The van der Waals surface area contributed by atoms with Gasteiger partial charge < -0.3 is 10.2 Å². The molecule has 0 unspecified atom stereocenters. The maximum absolute atomic E-state index is 10.9. The van der Waals surface area contributed by atoms with Crippen LogP contribution < -0.4 is 0 Å². The van der Waals surface area contributed by atoms with E-state index in [4.69, 9.17) is 10.2 Å². The Hall–Kier alpha value is -1.49. The lowest BCUT2D eigenvalue weighted by Gasteiger charge is -2.18. The number of carboxylic acids is 2. The van der Waals surface area contributed by atoms with Gasteiger partial charge in [-0.1, -0.05) is 6.07 Å². The third-order valence-electron chi connectivity index (χ3n) is 2.26. The Balaban J connectivity index is 2.73. The van der Waals surface area contributed by atoms with Crippen LogP contribution in [0, 0.1) is 5.41 Å². The van der Waals surface area contributed by atoms with Crippen molar-refractivity contribution in [1.82, 2.24) is 0 Å². The zero-order valence-electron chi connectivity index (χ0n) is 9.64. The average Bonchev–Trinajstić information content (AvgIpc) is 2.26. The summed E-state index contributed by atoms with van der Waals surface area (Å²) >= 11 is 1.34. The second-order valence-corrected chi connectivity index (χ2v) is 5.36. The highest BCUT2D eigenvalue weighted by Gasteiger charge is 2.27. The van der Waals surface area contributed by atoms with Crippen LogP contribution in [0.15, 0.2) is 29.2 Å². The molecule has 0 spiro atoms. The van der Waals surface area contributed by atoms with Crippen LogP contribution in [-0.2, 0) is 4.79 Å². The second-order valence-electron chi connectivity index (χ2n) is 4.31. The molecule has 0 saturated carbocycles. The molecule has 92 valence electrons. The highest BCUT2D eigenvalue weighted by atomic mass is 32.2. The Kier molecular flexibility index (Phi) is 4.17. The number of aliphatic carboxylic acids is 1. The summed E-state index contributed by atoms with van der Waals surface area (Å²) in [5.41, 5.74) is -0.618. The van der Waals surface area contributed by atoms with E-state index in [1.165, 1.54) is 17.8 Å². The summed E-state index contributed by atoms with van der Waals surface area (Å²) in [6, 6.07) is 6.48. The maximum Gasteiger partial charge on any atom is 0.335 e. The lowest BCUT2D eigenvalue weighted by molar-refractivity contribution is -0.145. The highest BCUT2D eigenvalue weighted by molar-refractivity contribution is 7.99. The Bertz CT molecular complexity index is 440. The standard InChI is InChI=1S/C12H14O4S/c1-12(2,11(15)16)7-17-9-5-3-4-8(6-9)10(13)14/h3-6H,7H2,1-2H3,(H,13,14)(H,15,16). The van der Waals surface area contributed by atoms with E-state index in [2.05, 4.69) is 0 Å². The van der Waals surface area contributed by atoms with Crippen LogP contribution in [0.25, 0.3) is 0 Å². The molecule has 5 heteroatoms. The van der Waals surface area contributed by atoms with Gasteiger partial charge in [0.2, 0.25) is 0 Å². The van der Waals surface area contributed by atoms with Crippen LogP contribution in [0.1, 0.15) is 24.2 Å². The molecule has 2 N–H and O–H groups in total. The fourth-order valence-electron chi connectivity index (χ4n) is 1.04. The van der Waals surface area contributed by atoms with Crippen LogP contribution in [0.2, 0.25) is 0 Å². The molecule has 0 radical (unpaired) electrons. The fourth-order valence-corrected chi connectivity index (χ4v) is 2.08. The molecule has 0 aliphatic rings. The largest absolute Gasteiger partial charge is 0.481 e. The molecule has 0 saturated heterocycles. The molecule has 0 aliphatic carbocycles. The van der Waals surface area contributed by atoms with E-state index in [9.17, 15) is 9.59 Å². The molecule has 17 heavy (non-hydrogen) atoms. The van der Waals surface area contributed by atoms with E-state index >= 15 is 0 Å². The van der Waals surface area contributed by atoms with Crippen LogP contribution >= 0.6 is 11.8 Å². The number of thioether (sulfide) groups is 1. The van der Waals surface area contributed by atoms with Gasteiger partial charge in [0.05, 0.1) is 11.0 Å². The van der Waals surface area contributed by atoms with Gasteiger partial charge in [0.1, 0.15) is 0 Å². The van der Waals surface area contributed by atoms with Gasteiger partial charge in [-0.25, -0.2) is 4.79 Å². The Labute approximate surface area is 104 Å². The van der Waals surface area contributed by atoms with Crippen LogP contribution in [0.3, 0.4) is 0 Å². The van der Waals surface area contributed by atoms with Crippen LogP contribution in [0.5, 0.6) is 0 Å². The number of carboxylic acid groups (broad SMARTS) is 2. The molecule has 1 rings (SSSR count). The smallest absolute Gasteiger partial charge is 0.335 e. The van der Waals surface area contributed by atoms with Gasteiger partial charge in [0, 0.05) is 10.6 Å². The monoisotopic (exact) mass is 254 g/mol. The topological polar surface area (TPSA) is 74.6 Å². The number of aromatic carboxylic acids is 1. The van der Waals surface area contributed by atoms with Crippen molar-refractivity contribution in [2.45, 2.75) is 18.7 Å². The van der Waals surface area contributed by atoms with E-state index in [0.717, 1.165) is 4.90 Å². The average molecular weight is 254 g/mol. The van der Waals surface area contributed by atoms with Gasteiger partial charge in [-0.3, -0.25) is 4.79 Å². The SMILES string of the molecule is CC(C)(CSc1cccc(C(=O)O)c1)C(=O)O. The van der Waals surface area contributed by atoms with Gasteiger partial charge in [0.15, 0.2) is 0 Å². The quantitative estimate of drug-likeness (QED) is 0.790. The molecule has 0 aliphatic heterocycles. The summed E-state index contributed by atoms with van der Waals surface area (Å²) in [7, 11) is 0. The number of carbonyl (C=O) groups is 2. The first kappa shape index (κ1) is 13.6. The van der Waals surface area contributed by atoms with Crippen molar-refractivity contribution in [3.05, 3.63) is 29.8 Å². The summed E-state index contributed by atoms with van der Waals surface area (Å²) in [6.45, 7) is 3.28. The van der Waals surface area contributed by atoms with E-state index in [1.807, 2.05) is 0 Å². The molecule has 0 amide bonds. The van der Waals surface area contributed by atoms with Crippen LogP contribution in [0.4, 0.5) is 0 Å². The summed E-state index contributed by atoms with van der Waals surface area (Å²) in [6.07, 6.45) is 0. The Morgan fingerprint density at radius 3 is 2.47 bits per heavy atom. The molecule has 0 atom stereocenters. The minimum Gasteiger partial charge on any atom is -0.481 e. The maximum atomic E-state index is 10.9. The molecule has 0 heterocycles. The Morgan fingerprint density at radius 2 is 1.94 bits per heavy atom. The number of benzene rings is 1. The van der Waals surface area contributed by atoms with Crippen molar-refractivity contribution in [3.8, 4) is 0 Å². The van der Waals surface area contributed by atoms with E-state index < -0.39 is 17.4 Å². The lowest BCUT2D eigenvalue weighted by atomic mass is 9.97. The fraction of sp³-hybridized carbons (Fsp3) is 0.333. The predicted molar refractivity (Wildman–Crippen MR) is 65.5 cm³/mol. The van der Waals surface area contributed by atoms with Gasteiger partial charge in [0.25, 0.3) is 0 Å². The van der Waals surface area contributed by atoms with Gasteiger partial charge >= 0.3 is 11.9 Å². The molecule has 0 bridgehead atoms. The third kappa shape index (κ3) is 3.78. The van der Waals surface area contributed by atoms with Gasteiger partial charge in [-0.15, -0.1) is 11.8 Å². The van der Waals surface area contributed by atoms with Gasteiger partial charge in [-0.05, 0) is 32.0 Å². The minimum atomic E-state index is -0.982. The molecule has 1 aromatic carbocycles. The summed E-state index contributed by atoms with van der Waals surface area (Å²) in [4.78, 5) is 22.4. The molecule has 4 nitrogen and oxygen atoms in total. The molecule has 0 aromatic heterocycles. The number of rotatable bonds is 5. The number of hydrogen-bond donors (Lipinski definition) is 2. The molecular formula is C12H14O4S. The summed E-state index contributed by atoms with van der Waals surface area (Å²) in [5, 5.41) is 17.8. The zero-order chi connectivity index (χ0) is 13.1. The highest BCUT2D eigenvalue weighted by Crippen LogP contribution is 2.28. The van der Waals surface area contributed by atoms with Crippen molar-refractivity contribution in [3.63, 3.8) is 0 Å². The van der Waals surface area contributed by atoms with E-state index in [-0.39, 0.29) is 5.56 Å². The van der Waals surface area contributed by atoms with Crippen molar-refractivity contribution >= 4 is 23.7 Å². The third-order valence-corrected chi connectivity index (χ3v) is 3.71. The zero-order valence-corrected chi connectivity index (χ0v) is 10.5. The summed E-state index contributed by atoms with van der Waals surface area (Å²) < 4.78 is 0. The van der Waals surface area contributed by atoms with Crippen molar-refractivity contribution < 1.29 is 19.8 Å². The molecule has 0 fully saturated rings. The first-order valence-corrected chi connectivity index (χ1v) is 6.01. The van der Waals surface area contributed by atoms with E-state index in [1.54, 1.807) is 32.0 Å².